The van der Waals surface area contributed by atoms with Crippen molar-refractivity contribution in [2.75, 3.05) is 12.4 Å². The second-order valence-electron chi connectivity index (χ2n) is 7.32. The molecule has 0 radical (unpaired) electrons. The molecular formula is C25H25N5O3. The van der Waals surface area contributed by atoms with E-state index in [4.69, 9.17) is 9.47 Å². The predicted octanol–water partition coefficient (Wildman–Crippen LogP) is 4.31. The van der Waals surface area contributed by atoms with E-state index in [1.165, 1.54) is 0 Å². The van der Waals surface area contributed by atoms with Crippen LogP contribution in [0.4, 0.5) is 10.5 Å². The fourth-order valence-corrected chi connectivity index (χ4v) is 3.17. The van der Waals surface area contributed by atoms with E-state index >= 15 is 0 Å². The summed E-state index contributed by atoms with van der Waals surface area (Å²) in [5.74, 6) is 1.54. The molecular weight excluding hydrogens is 418 g/mol. The number of nitrogens with zero attached hydrogens (tertiary/aromatic N) is 3. The minimum Gasteiger partial charge on any atom is -0.497 e. The van der Waals surface area contributed by atoms with Crippen LogP contribution in [0.5, 0.6) is 5.75 Å². The highest BCUT2D eigenvalue weighted by Gasteiger charge is 2.05. The van der Waals surface area contributed by atoms with E-state index in [1.807, 2.05) is 72.9 Å². The lowest BCUT2D eigenvalue weighted by molar-refractivity contribution is 0.107. The lowest BCUT2D eigenvalue weighted by Crippen LogP contribution is -2.28. The highest BCUT2D eigenvalue weighted by molar-refractivity contribution is 5.89. The number of nitrogens with one attached hydrogen (secondary N) is 2. The maximum atomic E-state index is 12.3. The zero-order valence-electron chi connectivity index (χ0n) is 18.3. The van der Waals surface area contributed by atoms with Crippen molar-refractivity contribution in [2.24, 2.45) is 0 Å². The number of urea groups is 1. The van der Waals surface area contributed by atoms with Crippen molar-refractivity contribution in [3.8, 4) is 11.6 Å². The number of anilines is 1. The Balaban J connectivity index is 1.23. The van der Waals surface area contributed by atoms with E-state index in [0.29, 0.717) is 25.4 Å². The summed E-state index contributed by atoms with van der Waals surface area (Å²) in [6, 6.07) is 20.7. The van der Waals surface area contributed by atoms with Crippen LogP contribution in [0.25, 0.3) is 5.82 Å². The first-order chi connectivity index (χ1) is 16.2. The van der Waals surface area contributed by atoms with Crippen LogP contribution in [0.15, 0.2) is 85.3 Å². The Morgan fingerprint density at radius 2 is 1.79 bits per heavy atom. The highest BCUT2D eigenvalue weighted by atomic mass is 16.5. The second kappa shape index (κ2) is 10.9. The maximum absolute atomic E-state index is 12.3. The first-order valence-corrected chi connectivity index (χ1v) is 10.5. The van der Waals surface area contributed by atoms with E-state index in [0.717, 1.165) is 28.3 Å². The average molecular weight is 444 g/mol. The van der Waals surface area contributed by atoms with Crippen molar-refractivity contribution < 1.29 is 14.3 Å². The molecule has 2 N–H and O–H groups in total. The number of rotatable bonds is 9. The number of amides is 2. The normalized spacial score (nSPS) is 10.6. The Hall–Kier alpha value is -4.17. The van der Waals surface area contributed by atoms with Crippen molar-refractivity contribution in [2.45, 2.75) is 19.8 Å². The molecule has 0 atom stereocenters. The zero-order chi connectivity index (χ0) is 22.9. The van der Waals surface area contributed by atoms with Crippen molar-refractivity contribution in [3.63, 3.8) is 0 Å². The second-order valence-corrected chi connectivity index (χ2v) is 7.32. The lowest BCUT2D eigenvalue weighted by Gasteiger charge is -2.10. The highest BCUT2D eigenvalue weighted by Crippen LogP contribution is 2.15. The average Bonchev–Trinajstić information content (AvgIpc) is 3.39. The molecule has 8 heteroatoms. The number of pyridine rings is 1. The predicted molar refractivity (Wildman–Crippen MR) is 125 cm³/mol. The Bertz CT molecular complexity index is 1160. The van der Waals surface area contributed by atoms with Gasteiger partial charge in [0.25, 0.3) is 0 Å². The number of hydrogen-bond donors (Lipinski definition) is 2. The summed E-state index contributed by atoms with van der Waals surface area (Å²) in [7, 11) is 1.64. The van der Waals surface area contributed by atoms with Gasteiger partial charge in [0.05, 0.1) is 20.3 Å². The van der Waals surface area contributed by atoms with Crippen LogP contribution in [0.2, 0.25) is 0 Å². The van der Waals surface area contributed by atoms with E-state index < -0.39 is 0 Å². The molecule has 2 amide bonds. The molecule has 2 aromatic heterocycles. The molecule has 0 bridgehead atoms. The van der Waals surface area contributed by atoms with Gasteiger partial charge in [-0.2, -0.15) is 5.10 Å². The SMILES string of the molecule is COc1ccc(COCc2cccc(NC(=O)NCc3ccc(-n4cccn4)nc3)c2)cc1. The summed E-state index contributed by atoms with van der Waals surface area (Å²) in [6.07, 6.45) is 5.24. The van der Waals surface area contributed by atoms with Gasteiger partial charge in [0.2, 0.25) is 0 Å². The van der Waals surface area contributed by atoms with E-state index in [9.17, 15) is 4.79 Å². The minimum atomic E-state index is -0.289. The van der Waals surface area contributed by atoms with Crippen LogP contribution in [0, 0.1) is 0 Å². The quantitative estimate of drug-likeness (QED) is 0.402. The standard InChI is InChI=1S/C25H25N5O3/c1-32-23-9-6-19(7-10-23)17-33-18-20-4-2-5-22(14-20)29-25(31)27-16-21-8-11-24(26-15-21)30-13-3-12-28-30/h2-15H,16-18H2,1H3,(H2,27,29,31). The van der Waals surface area contributed by atoms with Crippen LogP contribution in [0.3, 0.4) is 0 Å². The third-order valence-corrected chi connectivity index (χ3v) is 4.88. The monoisotopic (exact) mass is 443 g/mol. The number of ether oxygens (including phenoxy) is 2. The van der Waals surface area contributed by atoms with Gasteiger partial charge in [-0.3, -0.25) is 0 Å². The molecule has 168 valence electrons. The first-order valence-electron chi connectivity index (χ1n) is 10.5. The molecule has 8 nitrogen and oxygen atoms in total. The van der Waals surface area contributed by atoms with Gasteiger partial charge < -0.3 is 20.1 Å². The minimum absolute atomic E-state index is 0.289. The molecule has 0 aliphatic rings. The number of hydrogen-bond acceptors (Lipinski definition) is 5. The number of carbonyl (C=O) groups is 1. The first kappa shape index (κ1) is 22.0. The Labute approximate surface area is 192 Å². The van der Waals surface area contributed by atoms with Gasteiger partial charge in [-0.15, -0.1) is 0 Å². The molecule has 0 saturated heterocycles. The molecule has 0 saturated carbocycles. The van der Waals surface area contributed by atoms with E-state index in [-0.39, 0.29) is 6.03 Å². The topological polar surface area (TPSA) is 90.3 Å². The molecule has 0 spiro atoms. The zero-order valence-corrected chi connectivity index (χ0v) is 18.3. The van der Waals surface area contributed by atoms with Gasteiger partial charge in [0.1, 0.15) is 5.75 Å². The van der Waals surface area contributed by atoms with Crippen LogP contribution in [-0.4, -0.2) is 27.9 Å². The summed E-state index contributed by atoms with van der Waals surface area (Å²) >= 11 is 0. The Morgan fingerprint density at radius 1 is 0.970 bits per heavy atom. The lowest BCUT2D eigenvalue weighted by atomic mass is 10.2. The van der Waals surface area contributed by atoms with Crippen LogP contribution >= 0.6 is 0 Å². The van der Waals surface area contributed by atoms with Gasteiger partial charge in [-0.05, 0) is 53.1 Å². The van der Waals surface area contributed by atoms with Gasteiger partial charge >= 0.3 is 6.03 Å². The molecule has 33 heavy (non-hydrogen) atoms. The van der Waals surface area contributed by atoms with E-state index in [1.54, 1.807) is 24.2 Å². The summed E-state index contributed by atoms with van der Waals surface area (Å²) in [4.78, 5) is 16.7. The third kappa shape index (κ3) is 6.41. The molecule has 0 unspecified atom stereocenters. The molecule has 0 aliphatic carbocycles. The number of benzene rings is 2. The maximum Gasteiger partial charge on any atom is 0.319 e. The Morgan fingerprint density at radius 3 is 2.52 bits per heavy atom. The smallest absolute Gasteiger partial charge is 0.319 e. The fourth-order valence-electron chi connectivity index (χ4n) is 3.17. The molecule has 0 aliphatic heterocycles. The Kier molecular flexibility index (Phi) is 7.29. The summed E-state index contributed by atoms with van der Waals surface area (Å²) in [6.45, 7) is 1.30. The van der Waals surface area contributed by atoms with Crippen molar-refractivity contribution >= 4 is 11.7 Å². The van der Waals surface area contributed by atoms with Gasteiger partial charge in [-0.1, -0.05) is 30.3 Å². The number of aromatic nitrogens is 3. The number of carbonyl (C=O) groups excluding carboxylic acids is 1. The molecule has 2 aromatic carbocycles. The van der Waals surface area contributed by atoms with Gasteiger partial charge in [-0.25, -0.2) is 14.5 Å². The van der Waals surface area contributed by atoms with Crippen LogP contribution < -0.4 is 15.4 Å². The summed E-state index contributed by atoms with van der Waals surface area (Å²) in [5.41, 5.74) is 3.63. The fraction of sp³-hybridized carbons (Fsp3) is 0.160. The van der Waals surface area contributed by atoms with Crippen molar-refractivity contribution in [1.82, 2.24) is 20.1 Å². The third-order valence-electron chi connectivity index (χ3n) is 4.88. The molecule has 4 rings (SSSR count). The van der Waals surface area contributed by atoms with Crippen molar-refractivity contribution in [1.29, 1.82) is 0 Å². The van der Waals surface area contributed by atoms with Gasteiger partial charge in [0, 0.05) is 30.8 Å². The van der Waals surface area contributed by atoms with Crippen LogP contribution in [-0.2, 0) is 24.5 Å². The summed E-state index contributed by atoms with van der Waals surface area (Å²) in [5, 5.41) is 9.84. The van der Waals surface area contributed by atoms with Crippen molar-refractivity contribution in [3.05, 3.63) is 102 Å². The number of methoxy groups -OCH3 is 1. The van der Waals surface area contributed by atoms with Crippen LogP contribution in [0.1, 0.15) is 16.7 Å². The summed E-state index contributed by atoms with van der Waals surface area (Å²) < 4.78 is 12.6. The van der Waals surface area contributed by atoms with E-state index in [2.05, 4.69) is 20.7 Å². The largest absolute Gasteiger partial charge is 0.497 e. The van der Waals surface area contributed by atoms with Gasteiger partial charge in [0.15, 0.2) is 5.82 Å². The molecule has 2 heterocycles. The molecule has 4 aromatic rings. The molecule has 0 fully saturated rings.